The fraction of sp³-hybridized carbons (Fsp3) is 0.375. The quantitative estimate of drug-likeness (QED) is 0.894. The van der Waals surface area contributed by atoms with Crippen molar-refractivity contribution in [3.05, 3.63) is 34.7 Å². The van der Waals surface area contributed by atoms with Crippen molar-refractivity contribution in [1.82, 2.24) is 4.90 Å². The minimum atomic E-state index is -4.65. The standard InChI is InChI=1S/C16H14F3NO3S/c1-8-2-3-9-11(7-24-13(9)4-8)14(21)20-5-10(15(22)23)12(6-20)16(17,18)19/h2-4,7,10,12H,5-6H2,1H3,(H,22,23)/t10-,12-/m1/s1. The van der Waals surface area contributed by atoms with Gasteiger partial charge in [-0.15, -0.1) is 11.3 Å². The van der Waals surface area contributed by atoms with Crippen LogP contribution in [-0.4, -0.2) is 41.1 Å². The Bertz CT molecular complexity index is 814. The average Bonchev–Trinajstić information content (AvgIpc) is 3.09. The summed E-state index contributed by atoms with van der Waals surface area (Å²) in [5.41, 5.74) is 1.34. The van der Waals surface area contributed by atoms with E-state index in [0.717, 1.165) is 15.2 Å². The molecule has 3 rings (SSSR count). The zero-order valence-corrected chi connectivity index (χ0v) is 13.4. The van der Waals surface area contributed by atoms with Crippen molar-refractivity contribution >= 4 is 33.3 Å². The minimum absolute atomic E-state index is 0.321. The first-order chi connectivity index (χ1) is 11.2. The SMILES string of the molecule is Cc1ccc2c(C(=O)N3C[C@@H](C(F)(F)F)[C@H](C(=O)O)C3)csc2c1. The molecule has 1 fully saturated rings. The summed E-state index contributed by atoms with van der Waals surface area (Å²) in [7, 11) is 0. The summed E-state index contributed by atoms with van der Waals surface area (Å²) >= 11 is 1.34. The van der Waals surface area contributed by atoms with Crippen LogP contribution in [0, 0.1) is 18.8 Å². The smallest absolute Gasteiger partial charge is 0.394 e. The molecule has 1 aliphatic heterocycles. The zero-order valence-electron chi connectivity index (χ0n) is 12.6. The molecular weight excluding hydrogens is 343 g/mol. The van der Waals surface area contributed by atoms with Gasteiger partial charge in [0, 0.05) is 28.6 Å². The topological polar surface area (TPSA) is 57.6 Å². The van der Waals surface area contributed by atoms with Crippen LogP contribution in [0.1, 0.15) is 15.9 Å². The number of carbonyl (C=O) groups is 2. The molecule has 24 heavy (non-hydrogen) atoms. The second-order valence-corrected chi connectivity index (χ2v) is 6.86. The molecule has 2 atom stereocenters. The number of fused-ring (bicyclic) bond motifs is 1. The molecule has 0 aliphatic carbocycles. The molecule has 1 amide bonds. The van der Waals surface area contributed by atoms with E-state index in [9.17, 15) is 22.8 Å². The van der Waals surface area contributed by atoms with Gasteiger partial charge in [-0.1, -0.05) is 12.1 Å². The highest BCUT2D eigenvalue weighted by Gasteiger charge is 2.53. The van der Waals surface area contributed by atoms with E-state index < -0.39 is 43.0 Å². The summed E-state index contributed by atoms with van der Waals surface area (Å²) in [6.07, 6.45) is -4.65. The van der Waals surface area contributed by atoms with Gasteiger partial charge in [0.05, 0.1) is 17.4 Å². The molecule has 8 heteroatoms. The Kier molecular flexibility index (Phi) is 4.03. The van der Waals surface area contributed by atoms with Crippen LogP contribution in [0.15, 0.2) is 23.6 Å². The number of benzene rings is 1. The molecule has 2 heterocycles. The van der Waals surface area contributed by atoms with Gasteiger partial charge in [0.1, 0.15) is 0 Å². The van der Waals surface area contributed by atoms with Gasteiger partial charge in [-0.25, -0.2) is 0 Å². The number of rotatable bonds is 2. The molecule has 1 aromatic heterocycles. The van der Waals surface area contributed by atoms with E-state index in [0.29, 0.717) is 10.9 Å². The van der Waals surface area contributed by atoms with Gasteiger partial charge in [0.2, 0.25) is 0 Å². The number of aryl methyl sites for hydroxylation is 1. The molecule has 0 radical (unpaired) electrons. The monoisotopic (exact) mass is 357 g/mol. The first kappa shape index (κ1) is 16.8. The number of aliphatic carboxylic acids is 1. The molecule has 1 N–H and O–H groups in total. The Labute approximate surface area is 139 Å². The van der Waals surface area contributed by atoms with Crippen molar-refractivity contribution in [2.75, 3.05) is 13.1 Å². The number of carboxylic acid groups (broad SMARTS) is 1. The summed E-state index contributed by atoms with van der Waals surface area (Å²) < 4.78 is 40.0. The maximum Gasteiger partial charge on any atom is 0.394 e. The molecular formula is C16H14F3NO3S. The second kappa shape index (κ2) is 5.77. The van der Waals surface area contributed by atoms with E-state index in [1.165, 1.54) is 11.3 Å². The average molecular weight is 357 g/mol. The zero-order chi connectivity index (χ0) is 17.6. The lowest BCUT2D eigenvalue weighted by Crippen LogP contribution is -2.34. The fourth-order valence-corrected chi connectivity index (χ4v) is 4.05. The van der Waals surface area contributed by atoms with Crippen molar-refractivity contribution in [3.63, 3.8) is 0 Å². The summed E-state index contributed by atoms with van der Waals surface area (Å²) in [5, 5.41) is 11.3. The maximum atomic E-state index is 13.0. The Morgan fingerprint density at radius 2 is 2.00 bits per heavy atom. The van der Waals surface area contributed by atoms with E-state index in [1.807, 2.05) is 19.1 Å². The van der Waals surface area contributed by atoms with E-state index >= 15 is 0 Å². The normalized spacial score (nSPS) is 21.4. The molecule has 128 valence electrons. The van der Waals surface area contributed by atoms with E-state index in [1.54, 1.807) is 11.4 Å². The Morgan fingerprint density at radius 1 is 1.29 bits per heavy atom. The number of halogens is 3. The van der Waals surface area contributed by atoms with E-state index in [-0.39, 0.29) is 0 Å². The van der Waals surface area contributed by atoms with Crippen molar-refractivity contribution in [1.29, 1.82) is 0 Å². The molecule has 0 spiro atoms. The van der Waals surface area contributed by atoms with E-state index in [4.69, 9.17) is 5.11 Å². The highest BCUT2D eigenvalue weighted by molar-refractivity contribution is 7.17. The van der Waals surface area contributed by atoms with Crippen LogP contribution in [0.25, 0.3) is 10.1 Å². The molecule has 0 unspecified atom stereocenters. The van der Waals surface area contributed by atoms with Crippen LogP contribution in [0.2, 0.25) is 0 Å². The molecule has 1 aromatic carbocycles. The van der Waals surface area contributed by atoms with Crippen LogP contribution in [-0.2, 0) is 4.79 Å². The summed E-state index contributed by atoms with van der Waals surface area (Å²) in [5.74, 6) is -5.74. The van der Waals surface area contributed by atoms with E-state index in [2.05, 4.69) is 0 Å². The van der Waals surface area contributed by atoms with Crippen LogP contribution < -0.4 is 0 Å². The van der Waals surface area contributed by atoms with Gasteiger partial charge < -0.3 is 10.0 Å². The molecule has 0 bridgehead atoms. The lowest BCUT2D eigenvalue weighted by molar-refractivity contribution is -0.187. The largest absolute Gasteiger partial charge is 0.481 e. The highest BCUT2D eigenvalue weighted by atomic mass is 32.1. The Balaban J connectivity index is 1.91. The third kappa shape index (κ3) is 2.86. The van der Waals surface area contributed by atoms with Crippen molar-refractivity contribution in [2.24, 2.45) is 11.8 Å². The van der Waals surface area contributed by atoms with Crippen molar-refractivity contribution in [2.45, 2.75) is 13.1 Å². The van der Waals surface area contributed by atoms with Crippen LogP contribution in [0.3, 0.4) is 0 Å². The number of likely N-dealkylation sites (tertiary alicyclic amines) is 1. The molecule has 2 aromatic rings. The number of hydrogen-bond donors (Lipinski definition) is 1. The number of nitrogens with zero attached hydrogens (tertiary/aromatic N) is 1. The number of carboxylic acids is 1. The van der Waals surface area contributed by atoms with Crippen molar-refractivity contribution in [3.8, 4) is 0 Å². The highest BCUT2D eigenvalue weighted by Crippen LogP contribution is 2.39. The second-order valence-electron chi connectivity index (χ2n) is 5.95. The van der Waals surface area contributed by atoms with Gasteiger partial charge in [-0.05, 0) is 18.6 Å². The van der Waals surface area contributed by atoms with Crippen LogP contribution in [0.4, 0.5) is 13.2 Å². The molecule has 1 aliphatic rings. The number of carbonyl (C=O) groups excluding carboxylic acids is 1. The molecule has 1 saturated heterocycles. The first-order valence-electron chi connectivity index (χ1n) is 7.25. The summed E-state index contributed by atoms with van der Waals surface area (Å²) in [4.78, 5) is 24.7. The maximum absolute atomic E-state index is 13.0. The summed E-state index contributed by atoms with van der Waals surface area (Å²) in [6.45, 7) is 0.858. The fourth-order valence-electron chi connectivity index (χ4n) is 3.02. The number of thiophene rings is 1. The van der Waals surface area contributed by atoms with Gasteiger partial charge in [-0.2, -0.15) is 13.2 Å². The summed E-state index contributed by atoms with van der Waals surface area (Å²) in [6, 6.07) is 5.49. The third-order valence-electron chi connectivity index (χ3n) is 4.31. The number of hydrogen-bond acceptors (Lipinski definition) is 3. The Hall–Kier alpha value is -2.09. The lowest BCUT2D eigenvalue weighted by atomic mass is 9.96. The van der Waals surface area contributed by atoms with Gasteiger partial charge in [0.15, 0.2) is 0 Å². The van der Waals surface area contributed by atoms with Gasteiger partial charge in [-0.3, -0.25) is 9.59 Å². The first-order valence-corrected chi connectivity index (χ1v) is 8.13. The third-order valence-corrected chi connectivity index (χ3v) is 5.25. The van der Waals surface area contributed by atoms with Crippen LogP contribution >= 0.6 is 11.3 Å². The molecule has 4 nitrogen and oxygen atoms in total. The van der Waals surface area contributed by atoms with Gasteiger partial charge >= 0.3 is 12.1 Å². The number of alkyl halides is 3. The molecule has 0 saturated carbocycles. The Morgan fingerprint density at radius 3 is 2.58 bits per heavy atom. The predicted octanol–water partition coefficient (Wildman–Crippen LogP) is 3.54. The van der Waals surface area contributed by atoms with Crippen LogP contribution in [0.5, 0.6) is 0 Å². The number of amides is 1. The van der Waals surface area contributed by atoms with Gasteiger partial charge in [0.25, 0.3) is 5.91 Å². The van der Waals surface area contributed by atoms with Crippen molar-refractivity contribution < 1.29 is 27.9 Å². The minimum Gasteiger partial charge on any atom is -0.481 e. The predicted molar refractivity (Wildman–Crippen MR) is 83.1 cm³/mol. The lowest BCUT2D eigenvalue weighted by Gasteiger charge is -2.18.